The maximum absolute atomic E-state index is 12.5. The first-order chi connectivity index (χ1) is 13.1. The van der Waals surface area contributed by atoms with Crippen molar-refractivity contribution < 1.29 is 9.53 Å². The van der Waals surface area contributed by atoms with Crippen molar-refractivity contribution in [3.63, 3.8) is 0 Å². The SMILES string of the molecule is O=C(Cc1csc2nc(=O)c(Cc3ccc(Cl)cc3)nn12)N1CCOCC1. The number of fused-ring (bicyclic) bond motifs is 1. The molecule has 0 radical (unpaired) electrons. The number of benzene rings is 1. The summed E-state index contributed by atoms with van der Waals surface area (Å²) in [5.74, 6) is 0.0257. The van der Waals surface area contributed by atoms with E-state index in [0.29, 0.717) is 48.4 Å². The van der Waals surface area contributed by atoms with Crippen molar-refractivity contribution in [2.24, 2.45) is 0 Å². The summed E-state index contributed by atoms with van der Waals surface area (Å²) in [6, 6.07) is 7.26. The Hall–Kier alpha value is -2.29. The van der Waals surface area contributed by atoms with Crippen LogP contribution in [0.1, 0.15) is 17.0 Å². The Morgan fingerprint density at radius 3 is 2.70 bits per heavy atom. The van der Waals surface area contributed by atoms with Crippen molar-refractivity contribution >= 4 is 33.8 Å². The van der Waals surface area contributed by atoms with E-state index in [9.17, 15) is 9.59 Å². The molecule has 140 valence electrons. The van der Waals surface area contributed by atoms with Crippen molar-refractivity contribution in [1.29, 1.82) is 0 Å². The van der Waals surface area contributed by atoms with Crippen LogP contribution in [-0.2, 0) is 22.4 Å². The molecule has 1 aliphatic heterocycles. The van der Waals surface area contributed by atoms with E-state index in [2.05, 4.69) is 10.1 Å². The molecule has 0 spiro atoms. The van der Waals surface area contributed by atoms with Crippen molar-refractivity contribution in [3.8, 4) is 0 Å². The normalized spacial score (nSPS) is 14.6. The molecule has 3 aromatic rings. The second kappa shape index (κ2) is 7.75. The van der Waals surface area contributed by atoms with Crippen molar-refractivity contribution in [3.05, 3.63) is 62.0 Å². The molecule has 1 saturated heterocycles. The number of halogens is 1. The van der Waals surface area contributed by atoms with Crippen LogP contribution in [0, 0.1) is 0 Å². The van der Waals surface area contributed by atoms with Gasteiger partial charge in [0, 0.05) is 29.9 Å². The first kappa shape index (κ1) is 18.1. The second-order valence-corrected chi connectivity index (χ2v) is 7.53. The molecule has 0 bridgehead atoms. The molecule has 1 aliphatic rings. The Morgan fingerprint density at radius 2 is 1.96 bits per heavy atom. The van der Waals surface area contributed by atoms with E-state index in [0.717, 1.165) is 11.3 Å². The molecule has 0 saturated carbocycles. The van der Waals surface area contributed by atoms with E-state index >= 15 is 0 Å². The van der Waals surface area contributed by atoms with E-state index in [1.165, 1.54) is 11.3 Å². The minimum Gasteiger partial charge on any atom is -0.378 e. The van der Waals surface area contributed by atoms with E-state index in [4.69, 9.17) is 16.3 Å². The van der Waals surface area contributed by atoms with Gasteiger partial charge in [-0.25, -0.2) is 4.52 Å². The van der Waals surface area contributed by atoms with Gasteiger partial charge in [0.1, 0.15) is 5.69 Å². The summed E-state index contributed by atoms with van der Waals surface area (Å²) >= 11 is 7.22. The molecule has 2 aromatic heterocycles. The number of hydrogen-bond acceptors (Lipinski definition) is 6. The summed E-state index contributed by atoms with van der Waals surface area (Å²) in [4.78, 5) is 31.2. The van der Waals surface area contributed by atoms with E-state index < -0.39 is 0 Å². The predicted molar refractivity (Wildman–Crippen MR) is 102 cm³/mol. The maximum Gasteiger partial charge on any atom is 0.296 e. The third kappa shape index (κ3) is 4.02. The zero-order valence-corrected chi connectivity index (χ0v) is 16.0. The molecule has 4 rings (SSSR count). The zero-order chi connectivity index (χ0) is 18.8. The van der Waals surface area contributed by atoms with Gasteiger partial charge in [0.25, 0.3) is 5.56 Å². The van der Waals surface area contributed by atoms with Gasteiger partial charge in [-0.3, -0.25) is 9.59 Å². The van der Waals surface area contributed by atoms with Crippen LogP contribution < -0.4 is 5.56 Å². The van der Waals surface area contributed by atoms with E-state index in [1.807, 2.05) is 17.5 Å². The van der Waals surface area contributed by atoms with Crippen molar-refractivity contribution in [2.45, 2.75) is 12.8 Å². The average molecular weight is 405 g/mol. The number of hydrogen-bond donors (Lipinski definition) is 0. The lowest BCUT2D eigenvalue weighted by Gasteiger charge is -2.26. The molecule has 3 heterocycles. The second-order valence-electron chi connectivity index (χ2n) is 6.26. The van der Waals surface area contributed by atoms with E-state index in [-0.39, 0.29) is 17.9 Å². The number of thiazole rings is 1. The number of carbonyl (C=O) groups excluding carboxylic acids is 1. The average Bonchev–Trinajstić information content (AvgIpc) is 3.06. The Morgan fingerprint density at radius 1 is 1.22 bits per heavy atom. The van der Waals surface area contributed by atoms with Crippen LogP contribution >= 0.6 is 22.9 Å². The van der Waals surface area contributed by atoms with Crippen LogP contribution in [0.5, 0.6) is 0 Å². The highest BCUT2D eigenvalue weighted by molar-refractivity contribution is 7.15. The number of amides is 1. The lowest BCUT2D eigenvalue weighted by atomic mass is 10.1. The van der Waals surface area contributed by atoms with Gasteiger partial charge in [-0.15, -0.1) is 11.3 Å². The van der Waals surface area contributed by atoms with Crippen LogP contribution in [0.4, 0.5) is 0 Å². The Bertz CT molecular complexity index is 1030. The topological polar surface area (TPSA) is 76.8 Å². The van der Waals surface area contributed by atoms with Crippen LogP contribution in [0.25, 0.3) is 4.96 Å². The molecule has 7 nitrogen and oxygen atoms in total. The quantitative estimate of drug-likeness (QED) is 0.662. The highest BCUT2D eigenvalue weighted by Gasteiger charge is 2.19. The lowest BCUT2D eigenvalue weighted by molar-refractivity contribution is -0.134. The fourth-order valence-corrected chi connectivity index (χ4v) is 3.89. The van der Waals surface area contributed by atoms with Gasteiger partial charge >= 0.3 is 0 Å². The van der Waals surface area contributed by atoms with E-state index in [1.54, 1.807) is 21.5 Å². The molecule has 27 heavy (non-hydrogen) atoms. The molecule has 0 unspecified atom stereocenters. The summed E-state index contributed by atoms with van der Waals surface area (Å²) in [7, 11) is 0. The number of carbonyl (C=O) groups is 1. The van der Waals surface area contributed by atoms with Gasteiger partial charge in [-0.2, -0.15) is 10.1 Å². The number of aromatic nitrogens is 3. The highest BCUT2D eigenvalue weighted by Crippen LogP contribution is 2.15. The molecule has 1 amide bonds. The molecule has 9 heteroatoms. The van der Waals surface area contributed by atoms with Gasteiger partial charge in [-0.1, -0.05) is 23.7 Å². The standard InChI is InChI=1S/C18H17ClN4O3S/c19-13-3-1-12(2-4-13)9-15-17(25)20-18-23(21-15)14(11-27-18)10-16(24)22-5-7-26-8-6-22/h1-4,11H,5-10H2. The third-order valence-corrected chi connectivity index (χ3v) is 5.52. The summed E-state index contributed by atoms with van der Waals surface area (Å²) in [5, 5.41) is 6.94. The summed E-state index contributed by atoms with van der Waals surface area (Å²) in [5.41, 5.74) is 1.65. The van der Waals surface area contributed by atoms with Crippen molar-refractivity contribution in [2.75, 3.05) is 26.3 Å². The largest absolute Gasteiger partial charge is 0.378 e. The van der Waals surface area contributed by atoms with Gasteiger partial charge in [0.05, 0.1) is 25.3 Å². The smallest absolute Gasteiger partial charge is 0.296 e. The van der Waals surface area contributed by atoms with Gasteiger partial charge in [0.2, 0.25) is 10.9 Å². The number of rotatable bonds is 4. The van der Waals surface area contributed by atoms with Crippen LogP contribution in [0.3, 0.4) is 0 Å². The monoisotopic (exact) mass is 404 g/mol. The number of ether oxygens (including phenoxy) is 1. The maximum atomic E-state index is 12.5. The van der Waals surface area contributed by atoms with Crippen LogP contribution in [-0.4, -0.2) is 51.7 Å². The fourth-order valence-electron chi connectivity index (χ4n) is 2.94. The lowest BCUT2D eigenvalue weighted by Crippen LogP contribution is -2.41. The Labute approximate surface area is 164 Å². The van der Waals surface area contributed by atoms with Gasteiger partial charge in [-0.05, 0) is 17.7 Å². The summed E-state index contributed by atoms with van der Waals surface area (Å²) < 4.78 is 6.89. The zero-order valence-electron chi connectivity index (χ0n) is 14.4. The third-order valence-electron chi connectivity index (χ3n) is 4.40. The van der Waals surface area contributed by atoms with Crippen LogP contribution in [0.2, 0.25) is 5.02 Å². The highest BCUT2D eigenvalue weighted by atomic mass is 35.5. The Balaban J connectivity index is 1.60. The van der Waals surface area contributed by atoms with Crippen LogP contribution in [0.15, 0.2) is 34.4 Å². The predicted octanol–water partition coefficient (Wildman–Crippen LogP) is 1.80. The molecule has 1 aromatic carbocycles. The number of morpholine rings is 1. The minimum absolute atomic E-state index is 0.0257. The first-order valence-corrected chi connectivity index (χ1v) is 9.82. The van der Waals surface area contributed by atoms with Crippen molar-refractivity contribution in [1.82, 2.24) is 19.5 Å². The fraction of sp³-hybridized carbons (Fsp3) is 0.333. The minimum atomic E-state index is -0.349. The molecule has 1 fully saturated rings. The Kier molecular flexibility index (Phi) is 5.20. The molecular formula is C18H17ClN4O3S. The van der Waals surface area contributed by atoms with Gasteiger partial charge in [0.15, 0.2) is 0 Å². The summed E-state index contributed by atoms with van der Waals surface area (Å²) in [6.07, 6.45) is 0.580. The molecule has 0 N–H and O–H groups in total. The molecule has 0 aliphatic carbocycles. The van der Waals surface area contributed by atoms with Gasteiger partial charge < -0.3 is 9.64 Å². The molecular weight excluding hydrogens is 388 g/mol. The molecule has 0 atom stereocenters. The first-order valence-electron chi connectivity index (χ1n) is 8.56. The summed E-state index contributed by atoms with van der Waals surface area (Å²) in [6.45, 7) is 2.33. The number of nitrogens with zero attached hydrogens (tertiary/aromatic N) is 4.